The summed E-state index contributed by atoms with van der Waals surface area (Å²) in [7, 11) is 2.18. The molecule has 1 aliphatic rings. The van der Waals surface area contributed by atoms with E-state index in [2.05, 4.69) is 49.8 Å². The number of carbonyl (C=O) groups excluding carboxylic acids is 1. The lowest BCUT2D eigenvalue weighted by Gasteiger charge is -2.38. The van der Waals surface area contributed by atoms with Crippen molar-refractivity contribution in [3.63, 3.8) is 0 Å². The van der Waals surface area contributed by atoms with Gasteiger partial charge in [-0.15, -0.1) is 0 Å². The van der Waals surface area contributed by atoms with Crippen LogP contribution in [0.4, 0.5) is 0 Å². The van der Waals surface area contributed by atoms with Crippen molar-refractivity contribution in [2.75, 3.05) is 33.2 Å². The second-order valence-electron chi connectivity index (χ2n) is 6.45. The fourth-order valence-electron chi connectivity index (χ4n) is 3.14. The molecule has 0 amide bonds. The molecule has 1 unspecified atom stereocenters. The third-order valence-corrected chi connectivity index (χ3v) is 4.84. The molecule has 1 heterocycles. The van der Waals surface area contributed by atoms with E-state index in [0.29, 0.717) is 12.6 Å². The number of carbonyl (C=O) groups is 1. The third-order valence-electron chi connectivity index (χ3n) is 4.84. The Labute approximate surface area is 128 Å². The van der Waals surface area contributed by atoms with Gasteiger partial charge >= 0.3 is 0 Å². The van der Waals surface area contributed by atoms with Crippen LogP contribution in [0.15, 0.2) is 12.1 Å². The second-order valence-corrected chi connectivity index (χ2v) is 6.45. The molecule has 0 bridgehead atoms. The first-order valence-corrected chi connectivity index (χ1v) is 7.96. The van der Waals surface area contributed by atoms with Gasteiger partial charge < -0.3 is 4.90 Å². The van der Waals surface area contributed by atoms with Crippen molar-refractivity contribution in [2.24, 2.45) is 0 Å². The van der Waals surface area contributed by atoms with Gasteiger partial charge in [0.15, 0.2) is 5.78 Å². The van der Waals surface area contributed by atoms with Crippen LogP contribution < -0.4 is 0 Å². The number of Topliss-reactive ketones (excluding diaryl/α,β-unsaturated/α-hetero) is 1. The molecule has 0 saturated carbocycles. The molecule has 3 nitrogen and oxygen atoms in total. The second kappa shape index (κ2) is 6.71. The van der Waals surface area contributed by atoms with Crippen LogP contribution in [0, 0.1) is 20.8 Å². The van der Waals surface area contributed by atoms with Crippen molar-refractivity contribution in [3.8, 4) is 0 Å². The van der Waals surface area contributed by atoms with E-state index in [-0.39, 0.29) is 5.78 Å². The highest BCUT2D eigenvalue weighted by Crippen LogP contribution is 2.17. The number of rotatable bonds is 4. The summed E-state index contributed by atoms with van der Waals surface area (Å²) in [4.78, 5) is 17.3. The van der Waals surface area contributed by atoms with Crippen LogP contribution in [0.1, 0.15) is 40.4 Å². The molecule has 1 aromatic carbocycles. The summed E-state index contributed by atoms with van der Waals surface area (Å²) in [5.74, 6) is 0.259. The molecule has 0 N–H and O–H groups in total. The van der Waals surface area contributed by atoms with Crippen LogP contribution in [-0.4, -0.2) is 54.9 Å². The molecule has 2 rings (SSSR count). The quantitative estimate of drug-likeness (QED) is 0.796. The molecule has 1 aromatic rings. The van der Waals surface area contributed by atoms with E-state index in [4.69, 9.17) is 0 Å². The lowest BCUT2D eigenvalue weighted by atomic mass is 9.97. The van der Waals surface area contributed by atoms with Crippen LogP contribution in [0.3, 0.4) is 0 Å². The fourth-order valence-corrected chi connectivity index (χ4v) is 3.14. The highest BCUT2D eigenvalue weighted by molar-refractivity contribution is 5.99. The number of piperazine rings is 1. The number of aryl methyl sites for hydroxylation is 3. The average Bonchev–Trinajstić information content (AvgIpc) is 2.44. The van der Waals surface area contributed by atoms with Crippen molar-refractivity contribution >= 4 is 5.78 Å². The first-order chi connectivity index (χ1) is 9.92. The predicted molar refractivity (Wildman–Crippen MR) is 88.1 cm³/mol. The van der Waals surface area contributed by atoms with E-state index in [1.807, 2.05) is 6.92 Å². The number of nitrogens with zero attached hydrogens (tertiary/aromatic N) is 2. The van der Waals surface area contributed by atoms with Gasteiger partial charge in [-0.3, -0.25) is 9.69 Å². The van der Waals surface area contributed by atoms with Gasteiger partial charge in [0.25, 0.3) is 0 Å². The largest absolute Gasteiger partial charge is 0.301 e. The number of hydrogen-bond acceptors (Lipinski definition) is 3. The normalized spacial score (nSPS) is 20.7. The van der Waals surface area contributed by atoms with Gasteiger partial charge in [-0.1, -0.05) is 13.0 Å². The molecule has 0 aromatic heterocycles. The van der Waals surface area contributed by atoms with E-state index in [1.54, 1.807) is 0 Å². The van der Waals surface area contributed by atoms with E-state index < -0.39 is 0 Å². The molecule has 0 aliphatic carbocycles. The Balaban J connectivity index is 2.06. The zero-order valence-electron chi connectivity index (χ0n) is 14.1. The van der Waals surface area contributed by atoms with Crippen LogP contribution in [0.25, 0.3) is 0 Å². The Bertz CT molecular complexity index is 524. The van der Waals surface area contributed by atoms with Gasteiger partial charge in [0.2, 0.25) is 0 Å². The molecule has 1 saturated heterocycles. The molecular weight excluding hydrogens is 260 g/mol. The van der Waals surface area contributed by atoms with Crippen molar-refractivity contribution < 1.29 is 4.79 Å². The van der Waals surface area contributed by atoms with Crippen molar-refractivity contribution in [3.05, 3.63) is 34.4 Å². The minimum atomic E-state index is 0.259. The van der Waals surface area contributed by atoms with E-state index >= 15 is 0 Å². The van der Waals surface area contributed by atoms with E-state index in [1.165, 1.54) is 11.1 Å². The summed E-state index contributed by atoms with van der Waals surface area (Å²) in [6.45, 7) is 12.0. The number of likely N-dealkylation sites (N-methyl/N-ethyl adjacent to an activating group) is 1. The topological polar surface area (TPSA) is 23.6 Å². The fraction of sp³-hybridized carbons (Fsp3) is 0.611. The summed E-state index contributed by atoms with van der Waals surface area (Å²) in [5.41, 5.74) is 4.46. The summed E-state index contributed by atoms with van der Waals surface area (Å²) in [6, 6.07) is 4.76. The molecule has 1 atom stereocenters. The van der Waals surface area contributed by atoms with Crippen LogP contribution in [0.2, 0.25) is 0 Å². The summed E-state index contributed by atoms with van der Waals surface area (Å²) in [5, 5.41) is 0. The molecule has 21 heavy (non-hydrogen) atoms. The average molecular weight is 288 g/mol. The first-order valence-electron chi connectivity index (χ1n) is 7.96. The Morgan fingerprint density at radius 1 is 1.14 bits per heavy atom. The molecule has 1 fully saturated rings. The molecule has 3 heteroatoms. The van der Waals surface area contributed by atoms with Gasteiger partial charge in [0.1, 0.15) is 0 Å². The first kappa shape index (κ1) is 16.2. The van der Waals surface area contributed by atoms with Crippen LogP contribution >= 0.6 is 0 Å². The number of hydrogen-bond donors (Lipinski definition) is 0. The Morgan fingerprint density at radius 2 is 1.81 bits per heavy atom. The van der Waals surface area contributed by atoms with E-state index in [0.717, 1.165) is 37.2 Å². The Kier molecular flexibility index (Phi) is 5.17. The van der Waals surface area contributed by atoms with Crippen molar-refractivity contribution in [1.29, 1.82) is 0 Å². The van der Waals surface area contributed by atoms with Gasteiger partial charge in [0.05, 0.1) is 6.54 Å². The molecule has 1 aliphatic heterocycles. The maximum absolute atomic E-state index is 12.6. The number of ketones is 1. The van der Waals surface area contributed by atoms with Crippen molar-refractivity contribution in [1.82, 2.24) is 9.80 Å². The van der Waals surface area contributed by atoms with Gasteiger partial charge in [-0.2, -0.15) is 0 Å². The highest BCUT2D eigenvalue weighted by atomic mass is 16.1. The van der Waals surface area contributed by atoms with Crippen molar-refractivity contribution in [2.45, 2.75) is 40.2 Å². The molecule has 0 spiro atoms. The Morgan fingerprint density at radius 3 is 2.48 bits per heavy atom. The summed E-state index contributed by atoms with van der Waals surface area (Å²) >= 11 is 0. The Hall–Kier alpha value is -1.19. The maximum Gasteiger partial charge on any atom is 0.177 e. The zero-order chi connectivity index (χ0) is 15.6. The smallest absolute Gasteiger partial charge is 0.177 e. The third kappa shape index (κ3) is 3.72. The standard InChI is InChI=1S/C18H28N2O/c1-6-16-11-20(8-7-19(16)5)12-18(21)17-10-14(3)13(2)9-15(17)4/h9-10,16H,6-8,11-12H2,1-5H3. The molecule has 116 valence electrons. The molecule has 0 radical (unpaired) electrons. The maximum atomic E-state index is 12.6. The highest BCUT2D eigenvalue weighted by Gasteiger charge is 2.24. The van der Waals surface area contributed by atoms with E-state index in [9.17, 15) is 4.79 Å². The summed E-state index contributed by atoms with van der Waals surface area (Å²) in [6.07, 6.45) is 1.14. The zero-order valence-corrected chi connectivity index (χ0v) is 14.1. The molecular formula is C18H28N2O. The SMILES string of the molecule is CCC1CN(CC(=O)c2cc(C)c(C)cc2C)CCN1C. The summed E-state index contributed by atoms with van der Waals surface area (Å²) < 4.78 is 0. The van der Waals surface area contributed by atoms with Gasteiger partial charge in [-0.25, -0.2) is 0 Å². The minimum absolute atomic E-state index is 0.259. The predicted octanol–water partition coefficient (Wildman–Crippen LogP) is 2.82. The van der Waals surface area contributed by atoms with Gasteiger partial charge in [0, 0.05) is 31.2 Å². The lowest BCUT2D eigenvalue weighted by molar-refractivity contribution is 0.0742. The van der Waals surface area contributed by atoms with Crippen LogP contribution in [-0.2, 0) is 0 Å². The monoisotopic (exact) mass is 288 g/mol. The van der Waals surface area contributed by atoms with Gasteiger partial charge in [-0.05, 0) is 57.0 Å². The lowest BCUT2D eigenvalue weighted by Crippen LogP contribution is -2.52. The van der Waals surface area contributed by atoms with Crippen LogP contribution in [0.5, 0.6) is 0 Å². The number of benzene rings is 1. The minimum Gasteiger partial charge on any atom is -0.301 e.